The van der Waals surface area contributed by atoms with E-state index in [1.54, 1.807) is 0 Å². The molecule has 1 saturated carbocycles. The summed E-state index contributed by atoms with van der Waals surface area (Å²) in [5.41, 5.74) is 2.63. The molecule has 0 unspecified atom stereocenters. The molecule has 0 radical (unpaired) electrons. The van der Waals surface area contributed by atoms with Gasteiger partial charge in [-0.05, 0) is 30.0 Å². The molecule has 1 aromatic carbocycles. The SMILES string of the molecule is N#CCN(Cc1ccc2c(c1)CCO2)C1CCCC1. The third-order valence-corrected chi connectivity index (χ3v) is 4.25. The highest BCUT2D eigenvalue weighted by molar-refractivity contribution is 5.39. The molecule has 0 saturated heterocycles. The van der Waals surface area contributed by atoms with Gasteiger partial charge < -0.3 is 4.74 Å². The minimum absolute atomic E-state index is 0.540. The van der Waals surface area contributed by atoms with Crippen molar-refractivity contribution >= 4 is 0 Å². The second kappa shape index (κ2) is 5.63. The molecule has 0 N–H and O–H groups in total. The van der Waals surface area contributed by atoms with Gasteiger partial charge in [0.2, 0.25) is 0 Å². The summed E-state index contributed by atoms with van der Waals surface area (Å²) in [7, 11) is 0. The number of nitrogens with zero attached hydrogens (tertiary/aromatic N) is 2. The van der Waals surface area contributed by atoms with Crippen LogP contribution in [-0.2, 0) is 13.0 Å². The number of benzene rings is 1. The van der Waals surface area contributed by atoms with E-state index in [1.807, 2.05) is 0 Å². The first kappa shape index (κ1) is 12.5. The Morgan fingerprint density at radius 1 is 1.32 bits per heavy atom. The monoisotopic (exact) mass is 256 g/mol. The summed E-state index contributed by atoms with van der Waals surface area (Å²) in [5.74, 6) is 1.04. The number of rotatable bonds is 4. The van der Waals surface area contributed by atoms with Gasteiger partial charge in [-0.1, -0.05) is 25.0 Å². The molecule has 0 bridgehead atoms. The van der Waals surface area contributed by atoms with Crippen molar-refractivity contribution in [1.29, 1.82) is 5.26 Å². The van der Waals surface area contributed by atoms with E-state index in [-0.39, 0.29) is 0 Å². The van der Waals surface area contributed by atoms with Gasteiger partial charge in [0.1, 0.15) is 5.75 Å². The maximum atomic E-state index is 9.02. The fourth-order valence-electron chi connectivity index (χ4n) is 3.25. The van der Waals surface area contributed by atoms with Crippen LogP contribution in [0.3, 0.4) is 0 Å². The molecule has 1 heterocycles. The summed E-state index contributed by atoms with van der Waals surface area (Å²) in [6.45, 7) is 2.24. The van der Waals surface area contributed by atoms with Crippen LogP contribution in [0.4, 0.5) is 0 Å². The minimum Gasteiger partial charge on any atom is -0.493 e. The predicted octanol–water partition coefficient (Wildman–Crippen LogP) is 2.89. The zero-order valence-electron chi connectivity index (χ0n) is 11.3. The molecule has 0 spiro atoms. The molecule has 3 nitrogen and oxygen atoms in total. The highest BCUT2D eigenvalue weighted by Gasteiger charge is 2.23. The Morgan fingerprint density at radius 3 is 2.95 bits per heavy atom. The van der Waals surface area contributed by atoms with Crippen LogP contribution in [0.15, 0.2) is 18.2 Å². The van der Waals surface area contributed by atoms with Crippen molar-refractivity contribution in [1.82, 2.24) is 4.90 Å². The maximum Gasteiger partial charge on any atom is 0.122 e. The van der Waals surface area contributed by atoms with E-state index < -0.39 is 0 Å². The van der Waals surface area contributed by atoms with Gasteiger partial charge in [-0.2, -0.15) is 5.26 Å². The Bertz CT molecular complexity index is 486. The van der Waals surface area contributed by atoms with E-state index in [9.17, 15) is 0 Å². The highest BCUT2D eigenvalue weighted by Crippen LogP contribution is 2.28. The summed E-state index contributed by atoms with van der Waals surface area (Å²) >= 11 is 0. The second-order valence-electron chi connectivity index (χ2n) is 5.54. The lowest BCUT2D eigenvalue weighted by molar-refractivity contribution is 0.214. The first-order valence-corrected chi connectivity index (χ1v) is 7.22. The summed E-state index contributed by atoms with van der Waals surface area (Å²) in [4.78, 5) is 2.34. The molecule has 3 rings (SSSR count). The quantitative estimate of drug-likeness (QED) is 0.777. The first-order valence-electron chi connectivity index (χ1n) is 7.22. The lowest BCUT2D eigenvalue weighted by Gasteiger charge is -2.26. The minimum atomic E-state index is 0.540. The van der Waals surface area contributed by atoms with Crippen LogP contribution < -0.4 is 4.74 Å². The third kappa shape index (κ3) is 2.74. The van der Waals surface area contributed by atoms with Crippen LogP contribution >= 0.6 is 0 Å². The van der Waals surface area contributed by atoms with Crippen LogP contribution in [0.2, 0.25) is 0 Å². The first-order chi connectivity index (χ1) is 9.36. The number of ether oxygens (including phenoxy) is 1. The highest BCUT2D eigenvalue weighted by atomic mass is 16.5. The molecule has 1 fully saturated rings. The van der Waals surface area contributed by atoms with Crippen LogP contribution in [0.25, 0.3) is 0 Å². The molecular formula is C16H20N2O. The number of fused-ring (bicyclic) bond motifs is 1. The van der Waals surface area contributed by atoms with Crippen molar-refractivity contribution in [3.63, 3.8) is 0 Å². The standard InChI is InChI=1S/C16H20N2O/c17-8-9-18(15-3-1-2-4-15)12-13-5-6-16-14(11-13)7-10-19-16/h5-6,11,15H,1-4,7,9-10,12H2. The smallest absolute Gasteiger partial charge is 0.122 e. The maximum absolute atomic E-state index is 9.02. The summed E-state index contributed by atoms with van der Waals surface area (Å²) in [6, 6.07) is 9.39. The fraction of sp³-hybridized carbons (Fsp3) is 0.562. The number of nitriles is 1. The number of hydrogen-bond donors (Lipinski definition) is 0. The van der Waals surface area contributed by atoms with Gasteiger partial charge in [0.05, 0.1) is 19.2 Å². The molecular weight excluding hydrogens is 236 g/mol. The Balaban J connectivity index is 1.72. The summed E-state index contributed by atoms with van der Waals surface area (Å²) < 4.78 is 5.54. The molecule has 3 heteroatoms. The molecule has 19 heavy (non-hydrogen) atoms. The zero-order valence-corrected chi connectivity index (χ0v) is 11.3. The fourth-order valence-corrected chi connectivity index (χ4v) is 3.25. The third-order valence-electron chi connectivity index (χ3n) is 4.25. The molecule has 1 aliphatic heterocycles. The van der Waals surface area contributed by atoms with Gasteiger partial charge in [0.15, 0.2) is 0 Å². The summed E-state index contributed by atoms with van der Waals surface area (Å²) in [5, 5.41) is 9.02. The van der Waals surface area contributed by atoms with Gasteiger partial charge in [0, 0.05) is 19.0 Å². The van der Waals surface area contributed by atoms with E-state index in [2.05, 4.69) is 29.2 Å². The van der Waals surface area contributed by atoms with E-state index in [0.717, 1.165) is 25.3 Å². The van der Waals surface area contributed by atoms with Crippen LogP contribution in [0, 0.1) is 11.3 Å². The van der Waals surface area contributed by atoms with Crippen molar-refractivity contribution in [2.45, 2.75) is 44.7 Å². The van der Waals surface area contributed by atoms with Crippen molar-refractivity contribution < 1.29 is 4.74 Å². The molecule has 2 aliphatic rings. The van der Waals surface area contributed by atoms with Crippen molar-refractivity contribution in [3.05, 3.63) is 29.3 Å². The predicted molar refractivity (Wildman–Crippen MR) is 73.9 cm³/mol. The normalized spacial score (nSPS) is 18.3. The number of hydrogen-bond acceptors (Lipinski definition) is 3. The van der Waals surface area contributed by atoms with E-state index in [4.69, 9.17) is 10.00 Å². The van der Waals surface area contributed by atoms with E-state index in [1.165, 1.54) is 36.8 Å². The molecule has 1 aliphatic carbocycles. The zero-order chi connectivity index (χ0) is 13.1. The Kier molecular flexibility index (Phi) is 3.70. The van der Waals surface area contributed by atoms with Crippen molar-refractivity contribution in [2.75, 3.05) is 13.2 Å². The second-order valence-corrected chi connectivity index (χ2v) is 5.54. The van der Waals surface area contributed by atoms with Gasteiger partial charge in [0.25, 0.3) is 0 Å². The Labute approximate surface area is 114 Å². The van der Waals surface area contributed by atoms with Gasteiger partial charge >= 0.3 is 0 Å². The van der Waals surface area contributed by atoms with Crippen LogP contribution in [-0.4, -0.2) is 24.1 Å². The molecule has 0 atom stereocenters. The topological polar surface area (TPSA) is 36.3 Å². The molecule has 0 amide bonds. The average molecular weight is 256 g/mol. The largest absolute Gasteiger partial charge is 0.493 e. The lowest BCUT2D eigenvalue weighted by atomic mass is 10.1. The Morgan fingerprint density at radius 2 is 2.16 bits per heavy atom. The molecule has 0 aromatic heterocycles. The van der Waals surface area contributed by atoms with Crippen molar-refractivity contribution in [2.24, 2.45) is 0 Å². The van der Waals surface area contributed by atoms with E-state index in [0.29, 0.717) is 12.6 Å². The average Bonchev–Trinajstić information content (AvgIpc) is 3.09. The molecule has 1 aromatic rings. The van der Waals surface area contributed by atoms with Gasteiger partial charge in [-0.15, -0.1) is 0 Å². The molecule has 100 valence electrons. The Hall–Kier alpha value is -1.53. The van der Waals surface area contributed by atoms with Crippen LogP contribution in [0.5, 0.6) is 5.75 Å². The van der Waals surface area contributed by atoms with Crippen molar-refractivity contribution in [3.8, 4) is 11.8 Å². The summed E-state index contributed by atoms with van der Waals surface area (Å²) in [6.07, 6.45) is 6.13. The lowest BCUT2D eigenvalue weighted by Crippen LogP contribution is -2.33. The van der Waals surface area contributed by atoms with Gasteiger partial charge in [-0.25, -0.2) is 0 Å². The van der Waals surface area contributed by atoms with Crippen LogP contribution in [0.1, 0.15) is 36.8 Å². The van der Waals surface area contributed by atoms with E-state index >= 15 is 0 Å². The van der Waals surface area contributed by atoms with Gasteiger partial charge in [-0.3, -0.25) is 4.90 Å².